The van der Waals surface area contributed by atoms with Gasteiger partial charge in [0.25, 0.3) is 0 Å². The lowest BCUT2D eigenvalue weighted by atomic mass is 9.99. The average Bonchev–Trinajstić information content (AvgIpc) is 4.06. The van der Waals surface area contributed by atoms with Crippen LogP contribution in [0.25, 0.3) is 32.9 Å². The molecule has 0 saturated carbocycles. The molecule has 0 unspecified atom stereocenters. The predicted octanol–water partition coefficient (Wildman–Crippen LogP) is 6.84. The lowest BCUT2D eigenvalue weighted by Gasteiger charge is -2.29. The topological polar surface area (TPSA) is 167 Å². The standard InChI is InChI=1S/C44H50N8O6/c1-26(2)38(46-25-58-57-6)42(53)52-20-8-10-37(52)41-48-34-18-16-32(23-35(34)49-41)31-15-14-29-21-28(11-13-30(29)22-31)12-17-33-24-45-40(47-33)36-9-7-19-51(36)43(54)39(27(3)4)50-44(55)56-5/h11,13-16,18,21-27,36-39H,7-10,19-20H2,1-6H3,(H,45,47)(H,48,49)(H,50,55)/t36-,37-,38-,39-/m0/s1. The second kappa shape index (κ2) is 17.5. The van der Waals surface area contributed by atoms with Gasteiger partial charge < -0.3 is 34.7 Å². The number of H-pyrrole nitrogens is 2. The molecule has 0 radical (unpaired) electrons. The Morgan fingerprint density at radius 3 is 2.26 bits per heavy atom. The van der Waals surface area contributed by atoms with Crippen LogP contribution >= 0.6 is 0 Å². The Balaban J connectivity index is 1.04. The number of ether oxygens (including phenoxy) is 1. The van der Waals surface area contributed by atoms with Crippen molar-refractivity contribution < 1.29 is 28.9 Å². The molecule has 2 aliphatic heterocycles. The van der Waals surface area contributed by atoms with Gasteiger partial charge in [-0.25, -0.2) is 19.8 Å². The van der Waals surface area contributed by atoms with E-state index in [4.69, 9.17) is 14.6 Å². The van der Waals surface area contributed by atoms with Gasteiger partial charge in [-0.05, 0) is 95.7 Å². The molecule has 58 heavy (non-hydrogen) atoms. The van der Waals surface area contributed by atoms with E-state index in [1.807, 2.05) is 44.7 Å². The molecule has 7 rings (SSSR count). The average molecular weight is 787 g/mol. The summed E-state index contributed by atoms with van der Waals surface area (Å²) in [6, 6.07) is 17.1. The van der Waals surface area contributed by atoms with Gasteiger partial charge in [-0.1, -0.05) is 57.9 Å². The van der Waals surface area contributed by atoms with Crippen molar-refractivity contribution in [3.63, 3.8) is 0 Å². The van der Waals surface area contributed by atoms with Crippen LogP contribution in [-0.4, -0.2) is 93.4 Å². The third-order valence-corrected chi connectivity index (χ3v) is 11.0. The maximum atomic E-state index is 13.6. The summed E-state index contributed by atoms with van der Waals surface area (Å²) in [5.74, 6) is 7.59. The second-order valence-corrected chi connectivity index (χ2v) is 15.5. The number of aliphatic imine (C=N–C) groups is 1. The summed E-state index contributed by atoms with van der Waals surface area (Å²) >= 11 is 0. The molecule has 2 fully saturated rings. The summed E-state index contributed by atoms with van der Waals surface area (Å²) in [4.78, 5) is 72.8. The molecule has 0 spiro atoms. The van der Waals surface area contributed by atoms with Crippen molar-refractivity contribution in [2.24, 2.45) is 16.8 Å². The lowest BCUT2D eigenvalue weighted by molar-refractivity contribution is -0.188. The summed E-state index contributed by atoms with van der Waals surface area (Å²) in [6.07, 6.45) is 5.57. The van der Waals surface area contributed by atoms with Crippen molar-refractivity contribution >= 4 is 46.1 Å². The van der Waals surface area contributed by atoms with Crippen molar-refractivity contribution in [3.05, 3.63) is 83.7 Å². The van der Waals surface area contributed by atoms with Crippen LogP contribution in [0.3, 0.4) is 0 Å². The third kappa shape index (κ3) is 8.55. The van der Waals surface area contributed by atoms with E-state index in [2.05, 4.69) is 84.5 Å². The highest BCUT2D eigenvalue weighted by molar-refractivity contribution is 5.91. The number of rotatable bonds is 11. The number of carbonyl (C=O) groups excluding carboxylic acids is 3. The first-order chi connectivity index (χ1) is 28.0. The molecule has 4 heterocycles. The van der Waals surface area contributed by atoms with E-state index in [9.17, 15) is 14.4 Å². The third-order valence-electron chi connectivity index (χ3n) is 11.0. The van der Waals surface area contributed by atoms with Gasteiger partial charge in [-0.3, -0.25) is 9.59 Å². The minimum Gasteiger partial charge on any atom is -0.453 e. The number of benzene rings is 3. The lowest BCUT2D eigenvalue weighted by Crippen LogP contribution is -2.51. The van der Waals surface area contributed by atoms with Gasteiger partial charge in [0.15, 0.2) is 0 Å². The van der Waals surface area contributed by atoms with Crippen molar-refractivity contribution in [1.29, 1.82) is 0 Å². The number of likely N-dealkylation sites (tertiary alicyclic amines) is 2. The summed E-state index contributed by atoms with van der Waals surface area (Å²) in [7, 11) is 2.68. The number of methoxy groups -OCH3 is 1. The Bertz CT molecular complexity index is 2390. The fraction of sp³-hybridized carbons (Fsp3) is 0.409. The van der Waals surface area contributed by atoms with Crippen molar-refractivity contribution in [3.8, 4) is 23.0 Å². The van der Waals surface area contributed by atoms with Gasteiger partial charge in [0.2, 0.25) is 18.2 Å². The number of alkyl carbamates (subject to hydrolysis) is 1. The number of carbonyl (C=O) groups is 3. The van der Waals surface area contributed by atoms with Crippen molar-refractivity contribution in [1.82, 2.24) is 35.1 Å². The van der Waals surface area contributed by atoms with E-state index in [1.165, 1.54) is 20.6 Å². The number of amides is 3. The first-order valence-electron chi connectivity index (χ1n) is 19.8. The van der Waals surface area contributed by atoms with Gasteiger partial charge >= 0.3 is 6.09 Å². The Morgan fingerprint density at radius 1 is 0.845 bits per heavy atom. The highest BCUT2D eigenvalue weighted by Crippen LogP contribution is 2.35. The smallest absolute Gasteiger partial charge is 0.407 e. The molecule has 0 aliphatic carbocycles. The van der Waals surface area contributed by atoms with Crippen LogP contribution < -0.4 is 5.32 Å². The molecule has 5 aromatic rings. The van der Waals surface area contributed by atoms with Crippen LogP contribution in [0.2, 0.25) is 0 Å². The maximum absolute atomic E-state index is 13.6. The number of hydrogen-bond acceptors (Lipinski definition) is 9. The molecule has 2 saturated heterocycles. The number of aromatic nitrogens is 4. The summed E-state index contributed by atoms with van der Waals surface area (Å²) in [6.45, 7) is 8.95. The molecule has 4 atom stereocenters. The zero-order valence-electron chi connectivity index (χ0n) is 33.7. The van der Waals surface area contributed by atoms with Crippen molar-refractivity contribution in [2.75, 3.05) is 27.3 Å². The first-order valence-corrected chi connectivity index (χ1v) is 19.8. The Labute approximate surface area is 337 Å². The summed E-state index contributed by atoms with van der Waals surface area (Å²) in [5.41, 5.74) is 5.40. The molecule has 3 aromatic carbocycles. The quantitative estimate of drug-likeness (QED) is 0.0430. The monoisotopic (exact) mass is 786 g/mol. The zero-order chi connectivity index (χ0) is 40.9. The Hall–Kier alpha value is -6.20. The number of fused-ring (bicyclic) bond motifs is 2. The van der Waals surface area contributed by atoms with E-state index in [0.29, 0.717) is 24.6 Å². The Morgan fingerprint density at radius 2 is 1.53 bits per heavy atom. The van der Waals surface area contributed by atoms with Gasteiger partial charge in [-0.15, -0.1) is 0 Å². The van der Waals surface area contributed by atoms with Crippen LogP contribution in [-0.2, 0) is 24.1 Å². The van der Waals surface area contributed by atoms with E-state index in [1.54, 1.807) is 11.1 Å². The van der Waals surface area contributed by atoms with E-state index >= 15 is 0 Å². The molecule has 2 aromatic heterocycles. The number of aromatic amines is 2. The van der Waals surface area contributed by atoms with E-state index < -0.39 is 18.2 Å². The highest BCUT2D eigenvalue weighted by atomic mass is 17.2. The first kappa shape index (κ1) is 40.0. The SMILES string of the molecule is COOC=N[C@H](C(=O)N1CCC[C@H]1c1nc2ccc(-c3ccc4cc(C#Cc5cnc([C@@H]6CCCN6C(=O)[C@@H](NC(=O)OC)C(C)C)[nH]5)ccc4c3)cc2[nH]1)C(C)C. The molecule has 14 nitrogen and oxygen atoms in total. The fourth-order valence-corrected chi connectivity index (χ4v) is 7.91. The molecule has 0 bridgehead atoms. The number of nitrogens with one attached hydrogen (secondary N) is 3. The predicted molar refractivity (Wildman–Crippen MR) is 220 cm³/mol. The van der Waals surface area contributed by atoms with Gasteiger partial charge in [0.05, 0.1) is 43.5 Å². The van der Waals surface area contributed by atoms with Gasteiger partial charge in [0, 0.05) is 18.7 Å². The number of imidazole rings is 2. The fourth-order valence-electron chi connectivity index (χ4n) is 7.91. The second-order valence-electron chi connectivity index (χ2n) is 15.5. The minimum absolute atomic E-state index is 0.0146. The Kier molecular flexibility index (Phi) is 12.1. The number of nitrogens with zero attached hydrogens (tertiary/aromatic N) is 5. The van der Waals surface area contributed by atoms with Crippen LogP contribution in [0, 0.1) is 23.7 Å². The van der Waals surface area contributed by atoms with Crippen molar-refractivity contribution in [2.45, 2.75) is 77.5 Å². The van der Waals surface area contributed by atoms with Crippen LogP contribution in [0.15, 0.2) is 65.8 Å². The molecule has 3 N–H and O–H groups in total. The van der Waals surface area contributed by atoms with E-state index in [-0.39, 0.29) is 35.7 Å². The van der Waals surface area contributed by atoms with Crippen LogP contribution in [0.5, 0.6) is 0 Å². The summed E-state index contributed by atoms with van der Waals surface area (Å²) in [5, 5.41) is 4.84. The molecule has 302 valence electrons. The molecule has 2 aliphatic rings. The molecular weight excluding hydrogens is 737 g/mol. The van der Waals surface area contributed by atoms with Crippen LogP contribution in [0.4, 0.5) is 4.79 Å². The van der Waals surface area contributed by atoms with Gasteiger partial charge in [0.1, 0.15) is 29.4 Å². The van der Waals surface area contributed by atoms with Crippen LogP contribution in [0.1, 0.15) is 88.4 Å². The largest absolute Gasteiger partial charge is 0.453 e. The maximum Gasteiger partial charge on any atom is 0.407 e. The zero-order valence-corrected chi connectivity index (χ0v) is 33.7. The highest BCUT2D eigenvalue weighted by Gasteiger charge is 2.38. The molecular formula is C44H50N8O6. The summed E-state index contributed by atoms with van der Waals surface area (Å²) < 4.78 is 4.75. The normalized spacial score (nSPS) is 17.9. The molecule has 14 heteroatoms. The molecule has 3 amide bonds. The van der Waals surface area contributed by atoms with E-state index in [0.717, 1.165) is 70.0 Å². The minimum atomic E-state index is -0.694. The van der Waals surface area contributed by atoms with Gasteiger partial charge in [-0.2, -0.15) is 4.89 Å². The number of hydrogen-bond donors (Lipinski definition) is 3.